The van der Waals surface area contributed by atoms with Crippen molar-refractivity contribution in [1.82, 2.24) is 9.80 Å². The number of imide groups is 1. The maximum Gasteiger partial charge on any atom is 0.266 e. The van der Waals surface area contributed by atoms with E-state index in [1.54, 1.807) is 49.3 Å². The predicted octanol–water partition coefficient (Wildman–Crippen LogP) is 3.88. The molecule has 2 aromatic rings. The molecule has 2 aromatic carbocycles. The van der Waals surface area contributed by atoms with Crippen LogP contribution in [0.4, 0.5) is 0 Å². The molecule has 7 heteroatoms. The van der Waals surface area contributed by atoms with E-state index >= 15 is 0 Å². The van der Waals surface area contributed by atoms with Crippen molar-refractivity contribution in [1.29, 1.82) is 0 Å². The number of ketones is 1. The van der Waals surface area contributed by atoms with Crippen LogP contribution in [0.2, 0.25) is 10.0 Å². The lowest BCUT2D eigenvalue weighted by atomic mass is 10.1. The topological polar surface area (TPSA) is 57.7 Å². The van der Waals surface area contributed by atoms with Crippen molar-refractivity contribution in [2.75, 3.05) is 14.1 Å². The summed E-state index contributed by atoms with van der Waals surface area (Å²) in [6.45, 7) is 0. The molecule has 0 N–H and O–H groups in total. The molecule has 0 fully saturated rings. The van der Waals surface area contributed by atoms with Crippen molar-refractivity contribution in [3.05, 3.63) is 81.1 Å². The van der Waals surface area contributed by atoms with E-state index in [1.165, 1.54) is 18.3 Å². The minimum absolute atomic E-state index is 0.0923. The lowest BCUT2D eigenvalue weighted by Gasteiger charge is -2.20. The zero-order valence-corrected chi connectivity index (χ0v) is 15.5. The van der Waals surface area contributed by atoms with E-state index in [0.717, 1.165) is 4.90 Å². The molecule has 0 aliphatic carbocycles. The highest BCUT2D eigenvalue weighted by molar-refractivity contribution is 6.37. The molecule has 0 saturated carbocycles. The Bertz CT molecular complexity index is 932. The van der Waals surface area contributed by atoms with Crippen LogP contribution in [0, 0.1) is 0 Å². The molecule has 26 heavy (non-hydrogen) atoms. The van der Waals surface area contributed by atoms with Gasteiger partial charge in [-0.2, -0.15) is 0 Å². The Balaban J connectivity index is 2.12. The van der Waals surface area contributed by atoms with Crippen LogP contribution in [0.3, 0.4) is 0 Å². The smallest absolute Gasteiger partial charge is 0.266 e. The molecule has 0 atom stereocenters. The molecule has 0 saturated heterocycles. The second kappa shape index (κ2) is 6.94. The average Bonchev–Trinajstić information content (AvgIpc) is 2.86. The van der Waals surface area contributed by atoms with Crippen LogP contribution in [0.1, 0.15) is 31.1 Å². The van der Waals surface area contributed by atoms with Crippen molar-refractivity contribution in [3.8, 4) is 0 Å². The lowest BCUT2D eigenvalue weighted by Crippen LogP contribution is -2.34. The van der Waals surface area contributed by atoms with Crippen molar-refractivity contribution in [2.24, 2.45) is 0 Å². The normalized spacial score (nSPS) is 13.8. The van der Waals surface area contributed by atoms with Gasteiger partial charge in [0.05, 0.1) is 16.1 Å². The third-order valence-electron chi connectivity index (χ3n) is 3.82. The van der Waals surface area contributed by atoms with Gasteiger partial charge in [-0.15, -0.1) is 0 Å². The van der Waals surface area contributed by atoms with Crippen LogP contribution in [0.15, 0.2) is 54.4 Å². The number of amides is 2. The van der Waals surface area contributed by atoms with E-state index in [0.29, 0.717) is 5.02 Å². The number of carbonyl (C=O) groups excluding carboxylic acids is 3. The van der Waals surface area contributed by atoms with Gasteiger partial charge in [0, 0.05) is 30.9 Å². The SMILES string of the molecule is CN(C)/C=C(/C(=O)c1cc(Cl)ccc1Cl)N1C(=O)c2ccccc2C1=O. The number of hydrogen-bond donors (Lipinski definition) is 0. The average molecular weight is 389 g/mol. The summed E-state index contributed by atoms with van der Waals surface area (Å²) < 4.78 is 0. The van der Waals surface area contributed by atoms with Gasteiger partial charge in [-0.1, -0.05) is 35.3 Å². The Labute approximate surface area is 160 Å². The molecule has 0 aromatic heterocycles. The number of rotatable bonds is 4. The van der Waals surface area contributed by atoms with Gasteiger partial charge in [0.1, 0.15) is 5.70 Å². The van der Waals surface area contributed by atoms with Crippen LogP contribution >= 0.6 is 23.2 Å². The second-order valence-corrected chi connectivity index (χ2v) is 6.77. The molecule has 0 radical (unpaired) electrons. The van der Waals surface area contributed by atoms with Crippen molar-refractivity contribution >= 4 is 40.8 Å². The Kier molecular flexibility index (Phi) is 4.85. The molecule has 0 bridgehead atoms. The van der Waals surface area contributed by atoms with Crippen LogP contribution < -0.4 is 0 Å². The number of hydrogen-bond acceptors (Lipinski definition) is 4. The molecule has 5 nitrogen and oxygen atoms in total. The van der Waals surface area contributed by atoms with E-state index in [9.17, 15) is 14.4 Å². The fourth-order valence-electron chi connectivity index (χ4n) is 2.68. The number of Topliss-reactive ketones (excluding diaryl/α,β-unsaturated/α-hetero) is 1. The van der Waals surface area contributed by atoms with Crippen molar-refractivity contribution in [2.45, 2.75) is 0 Å². The first-order valence-electron chi connectivity index (χ1n) is 7.67. The van der Waals surface area contributed by atoms with E-state index in [1.807, 2.05) is 0 Å². The third-order valence-corrected chi connectivity index (χ3v) is 4.39. The molecule has 3 rings (SSSR count). The summed E-state index contributed by atoms with van der Waals surface area (Å²) in [6, 6.07) is 10.9. The first-order valence-corrected chi connectivity index (χ1v) is 8.42. The molecule has 1 aliphatic rings. The maximum absolute atomic E-state index is 13.1. The number of benzene rings is 2. The van der Waals surface area contributed by atoms with Gasteiger partial charge in [-0.25, -0.2) is 4.90 Å². The molecule has 132 valence electrons. The number of halogens is 2. The van der Waals surface area contributed by atoms with Crippen LogP contribution in [-0.2, 0) is 0 Å². The largest absolute Gasteiger partial charge is 0.382 e. The summed E-state index contributed by atoms with van der Waals surface area (Å²) in [5, 5.41) is 0.505. The maximum atomic E-state index is 13.1. The zero-order valence-electron chi connectivity index (χ0n) is 14.0. The number of nitrogens with zero attached hydrogens (tertiary/aromatic N) is 2. The van der Waals surface area contributed by atoms with E-state index in [-0.39, 0.29) is 27.4 Å². The van der Waals surface area contributed by atoms with Crippen LogP contribution in [-0.4, -0.2) is 41.5 Å². The fraction of sp³-hybridized carbons (Fsp3) is 0.105. The Morgan fingerprint density at radius 2 is 1.58 bits per heavy atom. The van der Waals surface area contributed by atoms with Crippen molar-refractivity contribution < 1.29 is 14.4 Å². The quantitative estimate of drug-likeness (QED) is 0.453. The molecule has 1 aliphatic heterocycles. The number of fused-ring (bicyclic) bond motifs is 1. The molecular formula is C19H14Cl2N2O3. The Morgan fingerprint density at radius 1 is 1.00 bits per heavy atom. The van der Waals surface area contributed by atoms with E-state index in [4.69, 9.17) is 23.2 Å². The van der Waals surface area contributed by atoms with Gasteiger partial charge in [-0.3, -0.25) is 14.4 Å². The summed E-state index contributed by atoms with van der Waals surface area (Å²) in [6.07, 6.45) is 1.42. The van der Waals surface area contributed by atoms with Gasteiger partial charge in [-0.05, 0) is 30.3 Å². The Morgan fingerprint density at radius 3 is 2.12 bits per heavy atom. The predicted molar refractivity (Wildman–Crippen MR) is 99.5 cm³/mol. The number of allylic oxidation sites excluding steroid dienone is 1. The standard InChI is InChI=1S/C19H14Cl2N2O3/c1-22(2)10-16(17(24)14-9-11(20)7-8-15(14)21)23-18(25)12-5-3-4-6-13(12)19(23)26/h3-10H,1-2H3/b16-10-. The first kappa shape index (κ1) is 18.2. The van der Waals surface area contributed by atoms with Crippen LogP contribution in [0.25, 0.3) is 0 Å². The highest BCUT2D eigenvalue weighted by Gasteiger charge is 2.40. The highest BCUT2D eigenvalue weighted by Crippen LogP contribution is 2.30. The monoisotopic (exact) mass is 388 g/mol. The molecular weight excluding hydrogens is 375 g/mol. The molecule has 0 unspecified atom stereocenters. The molecule has 1 heterocycles. The third kappa shape index (κ3) is 3.11. The van der Waals surface area contributed by atoms with Gasteiger partial charge < -0.3 is 4.90 Å². The van der Waals surface area contributed by atoms with Crippen LogP contribution in [0.5, 0.6) is 0 Å². The first-order chi connectivity index (χ1) is 12.3. The molecule has 2 amide bonds. The second-order valence-electron chi connectivity index (χ2n) is 5.92. The minimum atomic E-state index is -0.569. The molecule has 0 spiro atoms. The van der Waals surface area contributed by atoms with Gasteiger partial charge in [0.25, 0.3) is 11.8 Å². The minimum Gasteiger partial charge on any atom is -0.382 e. The summed E-state index contributed by atoms with van der Waals surface area (Å²) in [7, 11) is 3.37. The van der Waals surface area contributed by atoms with E-state index in [2.05, 4.69) is 0 Å². The Hall–Kier alpha value is -2.63. The summed E-state index contributed by atoms with van der Waals surface area (Å²) >= 11 is 12.1. The summed E-state index contributed by atoms with van der Waals surface area (Å²) in [4.78, 5) is 41.1. The lowest BCUT2D eigenvalue weighted by molar-refractivity contribution is 0.0675. The highest BCUT2D eigenvalue weighted by atomic mass is 35.5. The van der Waals surface area contributed by atoms with Gasteiger partial charge in [0.2, 0.25) is 5.78 Å². The fourth-order valence-corrected chi connectivity index (χ4v) is 3.06. The summed E-state index contributed by atoms with van der Waals surface area (Å²) in [5.41, 5.74) is 0.536. The van der Waals surface area contributed by atoms with Gasteiger partial charge >= 0.3 is 0 Å². The van der Waals surface area contributed by atoms with Gasteiger partial charge in [0.15, 0.2) is 0 Å². The van der Waals surface area contributed by atoms with Crippen molar-refractivity contribution in [3.63, 3.8) is 0 Å². The summed E-state index contributed by atoms with van der Waals surface area (Å²) in [5.74, 6) is -1.67. The zero-order chi connectivity index (χ0) is 19.0. The number of carbonyl (C=O) groups is 3. The van der Waals surface area contributed by atoms with E-state index < -0.39 is 17.6 Å².